The number of benzene rings is 2. The van der Waals surface area contributed by atoms with Gasteiger partial charge in [-0.25, -0.2) is 0 Å². The lowest BCUT2D eigenvalue weighted by Gasteiger charge is -2.40. The van der Waals surface area contributed by atoms with Gasteiger partial charge in [0.15, 0.2) is 8.32 Å². The zero-order valence-electron chi connectivity index (χ0n) is 21.1. The topological polar surface area (TPSA) is 29.5 Å². The number of ketones is 1. The zero-order valence-corrected chi connectivity index (χ0v) is 22.1. The molecule has 0 aliphatic rings. The van der Waals surface area contributed by atoms with Crippen LogP contribution in [0.2, 0.25) is 18.1 Å². The third kappa shape index (κ3) is 9.01. The molecule has 0 bridgehead atoms. The van der Waals surface area contributed by atoms with Gasteiger partial charge in [0, 0.05) is 32.5 Å². The Morgan fingerprint density at radius 3 is 1.84 bits per heavy atom. The predicted molar refractivity (Wildman–Crippen MR) is 138 cm³/mol. The van der Waals surface area contributed by atoms with Gasteiger partial charge in [-0.3, -0.25) is 9.69 Å². The van der Waals surface area contributed by atoms with Gasteiger partial charge in [0.25, 0.3) is 0 Å². The fraction of sp³-hybridized carbons (Fsp3) is 0.536. The summed E-state index contributed by atoms with van der Waals surface area (Å²) in [6, 6.07) is 21.3. The lowest BCUT2D eigenvalue weighted by atomic mass is 10.1. The van der Waals surface area contributed by atoms with Gasteiger partial charge >= 0.3 is 0 Å². The summed E-state index contributed by atoms with van der Waals surface area (Å²) in [5.74, 6) is 0.356. The maximum Gasteiger partial charge on any atom is 0.192 e. The van der Waals surface area contributed by atoms with Crippen molar-refractivity contribution in [2.24, 2.45) is 0 Å². The molecule has 0 fully saturated rings. The zero-order chi connectivity index (χ0) is 23.6. The van der Waals surface area contributed by atoms with Crippen LogP contribution in [0.3, 0.4) is 0 Å². The van der Waals surface area contributed by atoms with Crippen LogP contribution in [0, 0.1) is 0 Å². The fourth-order valence-electron chi connectivity index (χ4n) is 3.66. The Labute approximate surface area is 197 Å². The highest BCUT2D eigenvalue weighted by Gasteiger charge is 2.39. The predicted octanol–water partition coefficient (Wildman–Crippen LogP) is 7.23. The lowest BCUT2D eigenvalue weighted by Crippen LogP contribution is -2.47. The first-order chi connectivity index (χ1) is 15.1. The van der Waals surface area contributed by atoms with E-state index in [-0.39, 0.29) is 11.1 Å². The monoisotopic (exact) mass is 453 g/mol. The molecule has 0 radical (unpaired) electrons. The Morgan fingerprint density at radius 1 is 0.906 bits per heavy atom. The molecular formula is C28H43NO2Si. The molecule has 0 N–H and O–H groups in total. The minimum atomic E-state index is -1.95. The molecule has 2 aromatic rings. The van der Waals surface area contributed by atoms with Gasteiger partial charge < -0.3 is 4.43 Å². The Hall–Kier alpha value is -1.75. The summed E-state index contributed by atoms with van der Waals surface area (Å²) >= 11 is 0. The number of carbonyl (C=O) groups excluding carboxylic acids is 1. The molecule has 2 rings (SSSR count). The largest absolute Gasteiger partial charge is 0.413 e. The maximum absolute atomic E-state index is 12.3. The molecule has 0 unspecified atom stereocenters. The highest BCUT2D eigenvalue weighted by Crippen LogP contribution is 2.38. The third-order valence-electron chi connectivity index (χ3n) is 6.50. The Bertz CT molecular complexity index is 758. The molecule has 0 saturated heterocycles. The Balaban J connectivity index is 2.21. The van der Waals surface area contributed by atoms with Gasteiger partial charge in [-0.1, -0.05) is 88.4 Å². The van der Waals surface area contributed by atoms with E-state index in [2.05, 4.69) is 106 Å². The summed E-state index contributed by atoms with van der Waals surface area (Å²) < 4.78 is 6.88. The third-order valence-corrected chi connectivity index (χ3v) is 11.0. The van der Waals surface area contributed by atoms with E-state index in [1.807, 2.05) is 0 Å². The molecule has 0 saturated carbocycles. The van der Waals surface area contributed by atoms with E-state index in [1.165, 1.54) is 11.1 Å². The van der Waals surface area contributed by atoms with Crippen LogP contribution in [0.25, 0.3) is 0 Å². The number of hydrogen-bond acceptors (Lipinski definition) is 3. The Kier molecular flexibility index (Phi) is 10.3. The first-order valence-electron chi connectivity index (χ1n) is 12.1. The van der Waals surface area contributed by atoms with Crippen molar-refractivity contribution in [2.75, 3.05) is 6.54 Å². The van der Waals surface area contributed by atoms with Gasteiger partial charge in [0.1, 0.15) is 5.78 Å². The summed E-state index contributed by atoms with van der Waals surface area (Å²) in [4.78, 5) is 14.8. The van der Waals surface area contributed by atoms with Crippen LogP contribution in [0.4, 0.5) is 0 Å². The van der Waals surface area contributed by atoms with E-state index in [0.717, 1.165) is 32.5 Å². The minimum Gasteiger partial charge on any atom is -0.413 e. The molecule has 176 valence electrons. The SMILES string of the molecule is CCCC(=O)CC[C@H](CN(Cc1ccccc1)Cc1ccccc1)O[Si](C)(C)C(C)(C)C. The van der Waals surface area contributed by atoms with Crippen LogP contribution < -0.4 is 0 Å². The molecule has 0 spiro atoms. The number of carbonyl (C=O) groups is 1. The van der Waals surface area contributed by atoms with Gasteiger partial charge in [0.2, 0.25) is 0 Å². The van der Waals surface area contributed by atoms with Gasteiger partial charge in [-0.2, -0.15) is 0 Å². The van der Waals surface area contributed by atoms with Crippen LogP contribution in [-0.4, -0.2) is 31.6 Å². The van der Waals surface area contributed by atoms with E-state index in [1.54, 1.807) is 0 Å². The van der Waals surface area contributed by atoms with E-state index < -0.39 is 8.32 Å². The van der Waals surface area contributed by atoms with E-state index in [0.29, 0.717) is 18.6 Å². The smallest absolute Gasteiger partial charge is 0.192 e. The first kappa shape index (κ1) is 26.5. The summed E-state index contributed by atoms with van der Waals surface area (Å²) in [7, 11) is -1.95. The van der Waals surface area contributed by atoms with Gasteiger partial charge in [-0.05, 0) is 42.1 Å². The number of nitrogens with zero attached hydrogens (tertiary/aromatic N) is 1. The molecule has 0 aliphatic heterocycles. The first-order valence-corrected chi connectivity index (χ1v) is 15.0. The van der Waals surface area contributed by atoms with Crippen molar-refractivity contribution in [1.82, 2.24) is 4.90 Å². The van der Waals surface area contributed by atoms with Crippen LogP contribution in [0.15, 0.2) is 60.7 Å². The van der Waals surface area contributed by atoms with Crippen LogP contribution in [0.5, 0.6) is 0 Å². The molecule has 4 heteroatoms. The van der Waals surface area contributed by atoms with Crippen molar-refractivity contribution in [1.29, 1.82) is 0 Å². The molecule has 0 amide bonds. The second-order valence-electron chi connectivity index (χ2n) is 10.5. The van der Waals surface area contributed by atoms with E-state index in [9.17, 15) is 4.79 Å². The molecular weight excluding hydrogens is 410 g/mol. The second-order valence-corrected chi connectivity index (χ2v) is 15.2. The summed E-state index contributed by atoms with van der Waals surface area (Å²) in [5.41, 5.74) is 2.60. The number of rotatable bonds is 13. The Morgan fingerprint density at radius 2 is 1.41 bits per heavy atom. The van der Waals surface area contributed by atoms with Gasteiger partial charge in [-0.15, -0.1) is 0 Å². The molecule has 0 aromatic heterocycles. The number of Topliss-reactive ketones (excluding diaryl/α,β-unsaturated/α-hetero) is 1. The highest BCUT2D eigenvalue weighted by molar-refractivity contribution is 6.74. The van der Waals surface area contributed by atoms with Crippen molar-refractivity contribution in [2.45, 2.75) is 90.7 Å². The van der Waals surface area contributed by atoms with Crippen LogP contribution in [-0.2, 0) is 22.3 Å². The summed E-state index contributed by atoms with van der Waals surface area (Å²) in [6.07, 6.45) is 3.05. The molecule has 1 atom stereocenters. The lowest BCUT2D eigenvalue weighted by molar-refractivity contribution is -0.119. The van der Waals surface area contributed by atoms with Gasteiger partial charge in [0.05, 0.1) is 6.10 Å². The minimum absolute atomic E-state index is 0.0594. The molecule has 3 nitrogen and oxygen atoms in total. The standard InChI is InChI=1S/C28H43NO2Si/c1-7-14-26(30)19-20-27(31-32(5,6)28(2,3)4)23-29(21-24-15-10-8-11-16-24)22-25-17-12-9-13-18-25/h8-13,15-18,27H,7,14,19-23H2,1-6H3/t27-/m1/s1. The summed E-state index contributed by atoms with van der Waals surface area (Å²) in [5, 5.41) is 0.141. The summed E-state index contributed by atoms with van der Waals surface area (Å²) in [6.45, 7) is 16.1. The van der Waals surface area contributed by atoms with Crippen molar-refractivity contribution >= 4 is 14.1 Å². The molecule has 32 heavy (non-hydrogen) atoms. The van der Waals surface area contributed by atoms with Crippen molar-refractivity contribution < 1.29 is 9.22 Å². The maximum atomic E-state index is 12.3. The second kappa shape index (κ2) is 12.5. The normalized spacial score (nSPS) is 13.3. The average molecular weight is 454 g/mol. The van der Waals surface area contributed by atoms with Crippen molar-refractivity contribution in [3.8, 4) is 0 Å². The number of hydrogen-bond donors (Lipinski definition) is 0. The average Bonchev–Trinajstić information content (AvgIpc) is 2.72. The molecule has 0 aliphatic carbocycles. The molecule has 0 heterocycles. The van der Waals surface area contributed by atoms with Crippen LogP contribution in [0.1, 0.15) is 64.5 Å². The van der Waals surface area contributed by atoms with Crippen molar-refractivity contribution in [3.05, 3.63) is 71.8 Å². The fourth-order valence-corrected chi connectivity index (χ4v) is 5.04. The van der Waals surface area contributed by atoms with Crippen molar-refractivity contribution in [3.63, 3.8) is 0 Å². The van der Waals surface area contributed by atoms with E-state index >= 15 is 0 Å². The highest BCUT2D eigenvalue weighted by atomic mass is 28.4. The van der Waals surface area contributed by atoms with E-state index in [4.69, 9.17) is 4.43 Å². The molecule has 2 aromatic carbocycles. The van der Waals surface area contributed by atoms with Crippen LogP contribution >= 0.6 is 0 Å². The quantitative estimate of drug-likeness (QED) is 0.300.